The lowest BCUT2D eigenvalue weighted by molar-refractivity contribution is 0.282. The summed E-state index contributed by atoms with van der Waals surface area (Å²) in [5.74, 6) is 1.34. The third-order valence-corrected chi connectivity index (χ3v) is 4.35. The molecule has 0 aliphatic carbocycles. The minimum Gasteiger partial charge on any atom is -0.396 e. The van der Waals surface area contributed by atoms with E-state index in [-0.39, 0.29) is 0 Å². The molecule has 1 aliphatic heterocycles. The van der Waals surface area contributed by atoms with E-state index in [4.69, 9.17) is 5.11 Å². The van der Waals surface area contributed by atoms with Gasteiger partial charge in [-0.2, -0.15) is 11.8 Å². The first-order valence-electron chi connectivity index (χ1n) is 5.72. The maximum Gasteiger partial charge on any atom is 0.0431 e. The number of nitrogens with one attached hydrogen (secondary N) is 1. The lowest BCUT2D eigenvalue weighted by atomic mass is 10.1. The fourth-order valence-corrected chi connectivity index (χ4v) is 3.14. The van der Waals surface area contributed by atoms with Crippen LogP contribution < -0.4 is 5.32 Å². The Bertz CT molecular complexity index is 146. The molecule has 14 heavy (non-hydrogen) atoms. The topological polar surface area (TPSA) is 32.3 Å². The molecule has 1 aliphatic rings. The number of hydrogen-bond acceptors (Lipinski definition) is 3. The van der Waals surface area contributed by atoms with Crippen molar-refractivity contribution in [3.8, 4) is 0 Å². The van der Waals surface area contributed by atoms with Gasteiger partial charge in [-0.1, -0.05) is 0 Å². The van der Waals surface area contributed by atoms with Gasteiger partial charge in [0.05, 0.1) is 0 Å². The van der Waals surface area contributed by atoms with Gasteiger partial charge in [-0.05, 0) is 51.3 Å². The molecule has 0 radical (unpaired) electrons. The summed E-state index contributed by atoms with van der Waals surface area (Å²) in [5.41, 5.74) is 0. The molecule has 84 valence electrons. The van der Waals surface area contributed by atoms with E-state index >= 15 is 0 Å². The van der Waals surface area contributed by atoms with Crippen LogP contribution in [0, 0.1) is 0 Å². The molecule has 0 bridgehead atoms. The number of hydrogen-bond donors (Lipinski definition) is 2. The highest BCUT2D eigenvalue weighted by molar-refractivity contribution is 8.00. The maximum absolute atomic E-state index is 8.61. The molecule has 3 heteroatoms. The van der Waals surface area contributed by atoms with Crippen LogP contribution in [0.5, 0.6) is 0 Å². The lowest BCUT2D eigenvalue weighted by Gasteiger charge is -2.22. The fraction of sp³-hybridized carbons (Fsp3) is 1.00. The molecule has 1 unspecified atom stereocenters. The normalized spacial score (nSPS) is 27.0. The van der Waals surface area contributed by atoms with Crippen molar-refractivity contribution < 1.29 is 5.11 Å². The van der Waals surface area contributed by atoms with Crippen molar-refractivity contribution in [1.29, 1.82) is 0 Å². The zero-order valence-electron chi connectivity index (χ0n) is 9.22. The minimum absolute atomic E-state index is 0.341. The van der Waals surface area contributed by atoms with Crippen LogP contribution in [-0.2, 0) is 0 Å². The van der Waals surface area contributed by atoms with Crippen LogP contribution in [0.2, 0.25) is 0 Å². The van der Waals surface area contributed by atoms with Crippen LogP contribution in [0.25, 0.3) is 0 Å². The van der Waals surface area contributed by atoms with E-state index in [1.807, 2.05) is 0 Å². The molecule has 2 N–H and O–H groups in total. The highest BCUT2D eigenvalue weighted by atomic mass is 32.2. The highest BCUT2D eigenvalue weighted by Crippen LogP contribution is 2.36. The second kappa shape index (κ2) is 6.70. The van der Waals surface area contributed by atoms with Crippen molar-refractivity contribution in [3.63, 3.8) is 0 Å². The maximum atomic E-state index is 8.61. The fourth-order valence-electron chi connectivity index (χ4n) is 1.87. The number of thioether (sulfide) groups is 1. The smallest absolute Gasteiger partial charge is 0.0431 e. The Hall–Kier alpha value is 0.270. The van der Waals surface area contributed by atoms with Crippen LogP contribution in [0.4, 0.5) is 0 Å². The van der Waals surface area contributed by atoms with Gasteiger partial charge in [-0.15, -0.1) is 0 Å². The molecule has 1 saturated heterocycles. The van der Waals surface area contributed by atoms with Crippen LogP contribution in [-0.4, -0.2) is 35.3 Å². The first-order chi connectivity index (χ1) is 6.77. The highest BCUT2D eigenvalue weighted by Gasteiger charge is 2.28. The molecule has 2 nitrogen and oxygen atoms in total. The van der Waals surface area contributed by atoms with E-state index in [9.17, 15) is 0 Å². The summed E-state index contributed by atoms with van der Waals surface area (Å²) < 4.78 is 0.497. The molecular weight excluding hydrogens is 194 g/mol. The summed E-state index contributed by atoms with van der Waals surface area (Å²) in [6.45, 7) is 4.96. The van der Waals surface area contributed by atoms with Gasteiger partial charge in [0, 0.05) is 17.9 Å². The monoisotopic (exact) mass is 217 g/mol. The Morgan fingerprint density at radius 3 is 2.86 bits per heavy atom. The Morgan fingerprint density at radius 1 is 1.36 bits per heavy atom. The number of unbranched alkanes of at least 4 members (excludes halogenated alkanes) is 2. The standard InChI is InChI=1S/C11H23NOS/c1-11(6-5-9-14-11)10-12-7-3-2-4-8-13/h12-13H,2-10H2,1H3. The van der Waals surface area contributed by atoms with Crippen LogP contribution in [0.1, 0.15) is 39.0 Å². The van der Waals surface area contributed by atoms with Crippen LogP contribution >= 0.6 is 11.8 Å². The summed E-state index contributed by atoms with van der Waals surface area (Å²) in [4.78, 5) is 0. The Labute approximate surface area is 91.9 Å². The quantitative estimate of drug-likeness (QED) is 0.640. The minimum atomic E-state index is 0.341. The zero-order chi connectivity index (χ0) is 10.3. The molecule has 1 rings (SSSR count). The predicted octanol–water partition coefficient (Wildman–Crippen LogP) is 2.02. The summed E-state index contributed by atoms with van der Waals surface area (Å²) in [7, 11) is 0. The Balaban J connectivity index is 1.92. The van der Waals surface area contributed by atoms with Gasteiger partial charge in [-0.3, -0.25) is 0 Å². The molecular formula is C11H23NOS. The predicted molar refractivity (Wildman–Crippen MR) is 63.9 cm³/mol. The molecule has 0 amide bonds. The summed E-state index contributed by atoms with van der Waals surface area (Å²) in [6, 6.07) is 0. The average Bonchev–Trinajstić information content (AvgIpc) is 2.59. The lowest BCUT2D eigenvalue weighted by Crippen LogP contribution is -2.33. The van der Waals surface area contributed by atoms with Gasteiger partial charge in [0.15, 0.2) is 0 Å². The van der Waals surface area contributed by atoms with Gasteiger partial charge in [0.1, 0.15) is 0 Å². The molecule has 1 atom stereocenters. The van der Waals surface area contributed by atoms with Crippen LogP contribution in [0.15, 0.2) is 0 Å². The first-order valence-corrected chi connectivity index (χ1v) is 6.71. The summed E-state index contributed by atoms with van der Waals surface area (Å²) in [6.07, 6.45) is 6.04. The third kappa shape index (κ3) is 4.67. The van der Waals surface area contributed by atoms with E-state index in [0.29, 0.717) is 11.4 Å². The number of rotatable bonds is 7. The molecule has 0 spiro atoms. The Kier molecular flexibility index (Phi) is 5.90. The molecule has 0 aromatic carbocycles. The van der Waals surface area contributed by atoms with Crippen molar-refractivity contribution >= 4 is 11.8 Å². The third-order valence-electron chi connectivity index (χ3n) is 2.81. The van der Waals surface area contributed by atoms with Crippen molar-refractivity contribution in [2.75, 3.05) is 25.4 Å². The average molecular weight is 217 g/mol. The van der Waals surface area contributed by atoms with Gasteiger partial charge < -0.3 is 10.4 Å². The molecule has 0 aromatic rings. The molecule has 1 heterocycles. The largest absolute Gasteiger partial charge is 0.396 e. The summed E-state index contributed by atoms with van der Waals surface area (Å²) in [5, 5.41) is 12.1. The van der Waals surface area contributed by atoms with Crippen molar-refractivity contribution in [2.45, 2.75) is 43.8 Å². The van der Waals surface area contributed by atoms with E-state index in [1.165, 1.54) is 25.0 Å². The summed E-state index contributed by atoms with van der Waals surface area (Å²) >= 11 is 2.11. The molecule has 1 fully saturated rings. The van der Waals surface area contributed by atoms with Crippen molar-refractivity contribution in [2.24, 2.45) is 0 Å². The van der Waals surface area contributed by atoms with Gasteiger partial charge in [0.25, 0.3) is 0 Å². The zero-order valence-corrected chi connectivity index (χ0v) is 10.0. The van der Waals surface area contributed by atoms with Gasteiger partial charge in [-0.25, -0.2) is 0 Å². The SMILES string of the molecule is CC1(CNCCCCCO)CCCS1. The van der Waals surface area contributed by atoms with Crippen molar-refractivity contribution in [3.05, 3.63) is 0 Å². The van der Waals surface area contributed by atoms with Gasteiger partial charge in [0.2, 0.25) is 0 Å². The van der Waals surface area contributed by atoms with E-state index in [2.05, 4.69) is 24.0 Å². The van der Waals surface area contributed by atoms with E-state index in [1.54, 1.807) is 0 Å². The van der Waals surface area contributed by atoms with Gasteiger partial charge >= 0.3 is 0 Å². The second-order valence-corrected chi connectivity index (χ2v) is 6.05. The van der Waals surface area contributed by atoms with Crippen LogP contribution in [0.3, 0.4) is 0 Å². The molecule has 0 aromatic heterocycles. The first kappa shape index (κ1) is 12.3. The van der Waals surface area contributed by atoms with Crippen molar-refractivity contribution in [1.82, 2.24) is 5.32 Å². The number of aliphatic hydroxyl groups excluding tert-OH is 1. The second-order valence-electron chi connectivity index (χ2n) is 4.36. The molecule has 0 saturated carbocycles. The number of aliphatic hydroxyl groups is 1. The van der Waals surface area contributed by atoms with E-state index < -0.39 is 0 Å². The van der Waals surface area contributed by atoms with E-state index in [0.717, 1.165) is 25.9 Å². The Morgan fingerprint density at radius 2 is 2.21 bits per heavy atom.